The number of carbonyl (C=O) groups is 1. The Morgan fingerprint density at radius 1 is 1.21 bits per heavy atom. The summed E-state index contributed by atoms with van der Waals surface area (Å²) >= 11 is 0. The number of nitrogens with zero attached hydrogens (tertiary/aromatic N) is 1. The molecule has 8 heteroatoms. The number of para-hydroxylation sites is 1. The highest BCUT2D eigenvalue weighted by Gasteiger charge is 2.31. The number of rotatable bonds is 4. The smallest absolute Gasteiger partial charge is 0.254 e. The molecule has 1 N–H and O–H groups in total. The second-order valence-corrected chi connectivity index (χ2v) is 8.70. The number of halogens is 1. The third-order valence-electron chi connectivity index (χ3n) is 4.84. The fourth-order valence-corrected chi connectivity index (χ4v) is 4.46. The molecule has 0 aromatic heterocycles. The summed E-state index contributed by atoms with van der Waals surface area (Å²) in [5.41, 5.74) is 1.94. The van der Waals surface area contributed by atoms with Crippen molar-refractivity contribution in [2.45, 2.75) is 17.9 Å². The molecule has 2 aromatic carbocycles. The second kappa shape index (κ2) is 8.94. The summed E-state index contributed by atoms with van der Waals surface area (Å²) in [4.78, 5) is 15.2. The first-order chi connectivity index (χ1) is 12.8. The topological polar surface area (TPSA) is 75.7 Å². The maximum atomic E-state index is 13.2. The van der Waals surface area contributed by atoms with Crippen LogP contribution < -0.4 is 10.1 Å². The minimum Gasteiger partial charge on any atom is -0.496 e. The quantitative estimate of drug-likeness (QED) is 0.816. The number of sulfone groups is 1. The molecule has 1 saturated heterocycles. The van der Waals surface area contributed by atoms with Crippen LogP contribution in [0.1, 0.15) is 27.5 Å². The third-order valence-corrected chi connectivity index (χ3v) is 6.08. The number of hydrogen-bond acceptors (Lipinski definition) is 5. The van der Waals surface area contributed by atoms with Crippen LogP contribution in [0.3, 0.4) is 0 Å². The van der Waals surface area contributed by atoms with E-state index in [9.17, 15) is 13.2 Å². The van der Waals surface area contributed by atoms with Gasteiger partial charge in [0.25, 0.3) is 5.91 Å². The number of hydrogen-bond donors (Lipinski definition) is 1. The molecule has 28 heavy (non-hydrogen) atoms. The maximum Gasteiger partial charge on any atom is 0.254 e. The van der Waals surface area contributed by atoms with E-state index in [0.717, 1.165) is 17.6 Å². The maximum absolute atomic E-state index is 13.2. The van der Waals surface area contributed by atoms with E-state index in [1.54, 1.807) is 31.1 Å². The van der Waals surface area contributed by atoms with Crippen LogP contribution in [0.5, 0.6) is 5.75 Å². The number of piperazine rings is 1. The molecule has 1 aliphatic rings. The van der Waals surface area contributed by atoms with E-state index in [4.69, 9.17) is 4.74 Å². The Morgan fingerprint density at radius 3 is 2.61 bits per heavy atom. The zero-order valence-corrected chi connectivity index (χ0v) is 17.8. The van der Waals surface area contributed by atoms with E-state index < -0.39 is 9.84 Å². The molecule has 2 aromatic rings. The first-order valence-corrected chi connectivity index (χ1v) is 10.7. The molecule has 3 rings (SSSR count). The predicted molar refractivity (Wildman–Crippen MR) is 111 cm³/mol. The van der Waals surface area contributed by atoms with Gasteiger partial charge in [-0.3, -0.25) is 4.79 Å². The van der Waals surface area contributed by atoms with Crippen LogP contribution in [0, 0.1) is 6.92 Å². The van der Waals surface area contributed by atoms with Gasteiger partial charge in [0, 0.05) is 37.0 Å². The van der Waals surface area contributed by atoms with E-state index in [1.807, 2.05) is 24.3 Å². The van der Waals surface area contributed by atoms with Gasteiger partial charge in [0.15, 0.2) is 9.84 Å². The number of benzene rings is 2. The minimum atomic E-state index is -3.40. The molecule has 0 radical (unpaired) electrons. The molecule has 0 spiro atoms. The summed E-state index contributed by atoms with van der Waals surface area (Å²) in [6.07, 6.45) is 1.16. The minimum absolute atomic E-state index is 0. The van der Waals surface area contributed by atoms with Crippen molar-refractivity contribution in [2.24, 2.45) is 0 Å². The van der Waals surface area contributed by atoms with Crippen molar-refractivity contribution < 1.29 is 17.9 Å². The van der Waals surface area contributed by atoms with Crippen LogP contribution >= 0.6 is 12.4 Å². The number of ether oxygens (including phenoxy) is 1. The lowest BCUT2D eigenvalue weighted by Crippen LogP contribution is -2.48. The van der Waals surface area contributed by atoms with Gasteiger partial charge in [-0.25, -0.2) is 8.42 Å². The van der Waals surface area contributed by atoms with Gasteiger partial charge in [-0.2, -0.15) is 0 Å². The zero-order valence-electron chi connectivity index (χ0n) is 16.1. The van der Waals surface area contributed by atoms with Crippen molar-refractivity contribution in [1.29, 1.82) is 0 Å². The predicted octanol–water partition coefficient (Wildman–Crippen LogP) is 2.62. The number of nitrogens with one attached hydrogen (secondary N) is 1. The third kappa shape index (κ3) is 4.48. The largest absolute Gasteiger partial charge is 0.496 e. The van der Waals surface area contributed by atoms with Crippen molar-refractivity contribution in [3.63, 3.8) is 0 Å². The van der Waals surface area contributed by atoms with Crippen molar-refractivity contribution >= 4 is 28.2 Å². The lowest BCUT2D eigenvalue weighted by Gasteiger charge is -2.37. The monoisotopic (exact) mass is 424 g/mol. The second-order valence-electron chi connectivity index (χ2n) is 6.71. The average Bonchev–Trinajstić information content (AvgIpc) is 2.67. The summed E-state index contributed by atoms with van der Waals surface area (Å²) in [5, 5.41) is 3.32. The molecular formula is C20H25ClN2O4S. The summed E-state index contributed by atoms with van der Waals surface area (Å²) in [5.74, 6) is 0.544. The summed E-state index contributed by atoms with van der Waals surface area (Å²) in [6, 6.07) is 12.3. The molecule has 1 fully saturated rings. The van der Waals surface area contributed by atoms with Crippen LogP contribution in [-0.4, -0.2) is 52.2 Å². The van der Waals surface area contributed by atoms with Crippen LogP contribution in [0.4, 0.5) is 0 Å². The fourth-order valence-electron chi connectivity index (χ4n) is 3.47. The number of aryl methyl sites for hydroxylation is 1. The fraction of sp³-hybridized carbons (Fsp3) is 0.350. The van der Waals surface area contributed by atoms with E-state index >= 15 is 0 Å². The SMILES string of the molecule is COc1ccccc1C1CNCCN1C(=O)c1ccc(C)c(S(C)(=O)=O)c1.Cl. The van der Waals surface area contributed by atoms with Gasteiger partial charge < -0.3 is 15.0 Å². The Balaban J connectivity index is 0.00000280. The zero-order chi connectivity index (χ0) is 19.6. The van der Waals surface area contributed by atoms with Crippen LogP contribution in [0.15, 0.2) is 47.4 Å². The molecule has 0 aliphatic carbocycles. The normalized spacial score (nSPS) is 17.0. The first kappa shape index (κ1) is 22.2. The molecule has 0 saturated carbocycles. The van der Waals surface area contributed by atoms with Gasteiger partial charge in [0.2, 0.25) is 0 Å². The highest BCUT2D eigenvalue weighted by molar-refractivity contribution is 7.90. The van der Waals surface area contributed by atoms with Crippen LogP contribution in [0.2, 0.25) is 0 Å². The van der Waals surface area contributed by atoms with Gasteiger partial charge in [0.1, 0.15) is 5.75 Å². The lowest BCUT2D eigenvalue weighted by atomic mass is 10.0. The molecule has 0 bridgehead atoms. The molecule has 152 valence electrons. The standard InChI is InChI=1S/C20H24N2O4S.ClH/c1-14-8-9-15(12-19(14)27(3,24)25)20(23)22-11-10-21-13-17(22)16-6-4-5-7-18(16)26-2;/h4-9,12,17,21H,10-11,13H2,1-3H3;1H. The summed E-state index contributed by atoms with van der Waals surface area (Å²) in [6.45, 7) is 3.55. The molecule has 1 heterocycles. The van der Waals surface area contributed by atoms with Crippen molar-refractivity contribution in [2.75, 3.05) is 33.0 Å². The number of carbonyl (C=O) groups excluding carboxylic acids is 1. The van der Waals surface area contributed by atoms with Gasteiger partial charge in [-0.15, -0.1) is 12.4 Å². The Kier molecular flexibility index (Phi) is 7.09. The van der Waals surface area contributed by atoms with Gasteiger partial charge in [-0.05, 0) is 30.7 Å². The van der Waals surface area contributed by atoms with Crippen LogP contribution in [0.25, 0.3) is 0 Å². The summed E-state index contributed by atoms with van der Waals surface area (Å²) in [7, 11) is -1.79. The highest BCUT2D eigenvalue weighted by Crippen LogP contribution is 2.31. The highest BCUT2D eigenvalue weighted by atomic mass is 35.5. The Morgan fingerprint density at radius 2 is 1.93 bits per heavy atom. The Labute approximate surface area is 172 Å². The van der Waals surface area contributed by atoms with Gasteiger partial charge >= 0.3 is 0 Å². The Bertz CT molecular complexity index is 962. The Hall–Kier alpha value is -2.09. The number of methoxy groups -OCH3 is 1. The molecule has 1 aliphatic heterocycles. The first-order valence-electron chi connectivity index (χ1n) is 8.78. The summed E-state index contributed by atoms with van der Waals surface area (Å²) < 4.78 is 29.5. The van der Waals surface area contributed by atoms with Crippen molar-refractivity contribution in [1.82, 2.24) is 10.2 Å². The van der Waals surface area contributed by atoms with E-state index in [2.05, 4.69) is 5.32 Å². The van der Waals surface area contributed by atoms with E-state index in [0.29, 0.717) is 30.8 Å². The van der Waals surface area contributed by atoms with Crippen molar-refractivity contribution in [3.8, 4) is 5.75 Å². The van der Waals surface area contributed by atoms with Gasteiger partial charge in [0.05, 0.1) is 18.0 Å². The number of amides is 1. The molecule has 1 unspecified atom stereocenters. The molecule has 1 atom stereocenters. The van der Waals surface area contributed by atoms with Gasteiger partial charge in [-0.1, -0.05) is 24.3 Å². The van der Waals surface area contributed by atoms with Crippen molar-refractivity contribution in [3.05, 3.63) is 59.2 Å². The molecular weight excluding hydrogens is 400 g/mol. The lowest BCUT2D eigenvalue weighted by molar-refractivity contribution is 0.0631. The van der Waals surface area contributed by atoms with Crippen LogP contribution in [-0.2, 0) is 9.84 Å². The van der Waals surface area contributed by atoms with E-state index in [1.165, 1.54) is 6.07 Å². The molecule has 6 nitrogen and oxygen atoms in total. The average molecular weight is 425 g/mol. The molecule has 1 amide bonds. The van der Waals surface area contributed by atoms with E-state index in [-0.39, 0.29) is 29.3 Å².